The molecular formula is C13H17NO2. The molecule has 1 aliphatic carbocycles. The number of benzene rings is 1. The van der Waals surface area contributed by atoms with Crippen LogP contribution in [0.15, 0.2) is 12.1 Å². The normalized spacial score (nSPS) is 21.4. The Labute approximate surface area is 95.5 Å². The van der Waals surface area contributed by atoms with E-state index in [2.05, 4.69) is 13.0 Å². The molecule has 2 aliphatic rings. The van der Waals surface area contributed by atoms with Gasteiger partial charge in [0.2, 0.25) is 6.79 Å². The second-order valence-electron chi connectivity index (χ2n) is 4.88. The highest BCUT2D eigenvalue weighted by Gasteiger charge is 2.33. The van der Waals surface area contributed by atoms with E-state index in [1.165, 1.54) is 24.0 Å². The molecule has 0 saturated heterocycles. The van der Waals surface area contributed by atoms with Gasteiger partial charge in [-0.05, 0) is 43.0 Å². The second kappa shape index (κ2) is 3.39. The predicted molar refractivity (Wildman–Crippen MR) is 61.6 cm³/mol. The van der Waals surface area contributed by atoms with E-state index in [1.807, 2.05) is 6.07 Å². The van der Waals surface area contributed by atoms with Crippen LogP contribution in [0.25, 0.3) is 0 Å². The van der Waals surface area contributed by atoms with Crippen molar-refractivity contribution in [2.45, 2.75) is 38.1 Å². The summed E-state index contributed by atoms with van der Waals surface area (Å²) in [6.07, 6.45) is 4.61. The Hall–Kier alpha value is -1.22. The molecule has 0 radical (unpaired) electrons. The molecule has 16 heavy (non-hydrogen) atoms. The van der Waals surface area contributed by atoms with E-state index in [-0.39, 0.29) is 5.54 Å². The Bertz CT molecular complexity index is 422. The largest absolute Gasteiger partial charge is 0.454 e. The highest BCUT2D eigenvalue weighted by Crippen LogP contribution is 2.43. The summed E-state index contributed by atoms with van der Waals surface area (Å²) in [6.45, 7) is 2.43. The van der Waals surface area contributed by atoms with Gasteiger partial charge in [0.25, 0.3) is 0 Å². The summed E-state index contributed by atoms with van der Waals surface area (Å²) in [5, 5.41) is 0. The van der Waals surface area contributed by atoms with E-state index < -0.39 is 0 Å². The highest BCUT2D eigenvalue weighted by molar-refractivity contribution is 5.50. The summed E-state index contributed by atoms with van der Waals surface area (Å²) in [6, 6.07) is 4.12. The average Bonchev–Trinajstić information content (AvgIpc) is 2.85. The van der Waals surface area contributed by atoms with Crippen LogP contribution in [-0.2, 0) is 5.54 Å². The maximum absolute atomic E-state index is 6.48. The molecule has 0 amide bonds. The summed E-state index contributed by atoms with van der Waals surface area (Å²) in [4.78, 5) is 0. The van der Waals surface area contributed by atoms with Crippen molar-refractivity contribution in [3.8, 4) is 11.5 Å². The van der Waals surface area contributed by atoms with Crippen molar-refractivity contribution >= 4 is 0 Å². The van der Waals surface area contributed by atoms with Gasteiger partial charge in [0.1, 0.15) is 0 Å². The fourth-order valence-electron chi connectivity index (χ4n) is 2.86. The van der Waals surface area contributed by atoms with E-state index in [4.69, 9.17) is 15.2 Å². The monoisotopic (exact) mass is 219 g/mol. The Morgan fingerprint density at radius 1 is 1.12 bits per heavy atom. The lowest BCUT2D eigenvalue weighted by molar-refractivity contribution is 0.174. The van der Waals surface area contributed by atoms with Crippen LogP contribution in [0.1, 0.15) is 36.8 Å². The lowest BCUT2D eigenvalue weighted by atomic mass is 9.86. The van der Waals surface area contributed by atoms with Gasteiger partial charge in [-0.25, -0.2) is 0 Å². The molecular weight excluding hydrogens is 202 g/mol. The Morgan fingerprint density at radius 2 is 1.75 bits per heavy atom. The third kappa shape index (κ3) is 1.39. The number of fused-ring (bicyclic) bond motifs is 1. The van der Waals surface area contributed by atoms with Gasteiger partial charge in [-0.3, -0.25) is 0 Å². The number of hydrogen-bond acceptors (Lipinski definition) is 3. The van der Waals surface area contributed by atoms with Crippen molar-refractivity contribution in [1.82, 2.24) is 0 Å². The van der Waals surface area contributed by atoms with Crippen LogP contribution < -0.4 is 15.2 Å². The van der Waals surface area contributed by atoms with Crippen molar-refractivity contribution in [2.75, 3.05) is 6.79 Å². The van der Waals surface area contributed by atoms with Gasteiger partial charge in [0, 0.05) is 5.54 Å². The standard InChI is InChI=1S/C13H17NO2/c1-9-6-11-12(16-8-15-11)7-10(9)13(14)4-2-3-5-13/h6-7H,2-5,8,14H2,1H3. The first kappa shape index (κ1) is 9.97. The number of aryl methyl sites for hydroxylation is 1. The molecule has 2 N–H and O–H groups in total. The molecule has 86 valence electrons. The van der Waals surface area contributed by atoms with Crippen LogP contribution >= 0.6 is 0 Å². The van der Waals surface area contributed by atoms with Crippen molar-refractivity contribution in [3.05, 3.63) is 23.3 Å². The summed E-state index contributed by atoms with van der Waals surface area (Å²) in [5.41, 5.74) is 8.78. The smallest absolute Gasteiger partial charge is 0.231 e. The number of nitrogens with two attached hydrogens (primary N) is 1. The summed E-state index contributed by atoms with van der Waals surface area (Å²) >= 11 is 0. The Kier molecular flexibility index (Phi) is 2.11. The molecule has 1 heterocycles. The first-order valence-electron chi connectivity index (χ1n) is 5.89. The van der Waals surface area contributed by atoms with Gasteiger partial charge in [-0.15, -0.1) is 0 Å². The topological polar surface area (TPSA) is 44.5 Å². The van der Waals surface area contributed by atoms with Crippen molar-refractivity contribution in [1.29, 1.82) is 0 Å². The fraction of sp³-hybridized carbons (Fsp3) is 0.538. The molecule has 1 fully saturated rings. The molecule has 0 atom stereocenters. The molecule has 3 heteroatoms. The predicted octanol–water partition coefficient (Wildman–Crippen LogP) is 2.45. The summed E-state index contributed by atoms with van der Waals surface area (Å²) in [5.74, 6) is 1.69. The zero-order valence-electron chi connectivity index (χ0n) is 9.58. The molecule has 0 bridgehead atoms. The van der Waals surface area contributed by atoms with E-state index in [1.54, 1.807) is 0 Å². The summed E-state index contributed by atoms with van der Waals surface area (Å²) in [7, 11) is 0. The van der Waals surface area contributed by atoms with Crippen molar-refractivity contribution in [3.63, 3.8) is 0 Å². The minimum atomic E-state index is -0.148. The van der Waals surface area contributed by atoms with Crippen LogP contribution in [0, 0.1) is 6.92 Å². The zero-order valence-corrected chi connectivity index (χ0v) is 9.58. The lowest BCUT2D eigenvalue weighted by Gasteiger charge is -2.26. The minimum absolute atomic E-state index is 0.148. The molecule has 3 rings (SSSR count). The van der Waals surface area contributed by atoms with Gasteiger partial charge >= 0.3 is 0 Å². The SMILES string of the molecule is Cc1cc2c(cc1C1(N)CCCC1)OCO2. The lowest BCUT2D eigenvalue weighted by Crippen LogP contribution is -2.33. The first-order chi connectivity index (χ1) is 7.69. The first-order valence-corrected chi connectivity index (χ1v) is 5.89. The number of ether oxygens (including phenoxy) is 2. The number of hydrogen-bond donors (Lipinski definition) is 1. The molecule has 1 aliphatic heterocycles. The zero-order chi connectivity index (χ0) is 11.2. The van der Waals surface area contributed by atoms with Gasteiger partial charge < -0.3 is 15.2 Å². The molecule has 0 aromatic heterocycles. The van der Waals surface area contributed by atoms with Gasteiger partial charge in [0.05, 0.1) is 0 Å². The molecule has 1 aromatic rings. The van der Waals surface area contributed by atoms with E-state index in [0.717, 1.165) is 24.3 Å². The molecule has 3 nitrogen and oxygen atoms in total. The van der Waals surface area contributed by atoms with Crippen molar-refractivity contribution < 1.29 is 9.47 Å². The third-order valence-electron chi connectivity index (χ3n) is 3.75. The van der Waals surface area contributed by atoms with Crippen LogP contribution in [0.3, 0.4) is 0 Å². The number of rotatable bonds is 1. The Morgan fingerprint density at radius 3 is 2.44 bits per heavy atom. The second-order valence-corrected chi connectivity index (χ2v) is 4.88. The van der Waals surface area contributed by atoms with Crippen molar-refractivity contribution in [2.24, 2.45) is 5.73 Å². The van der Waals surface area contributed by atoms with E-state index in [9.17, 15) is 0 Å². The maximum Gasteiger partial charge on any atom is 0.231 e. The molecule has 1 aromatic carbocycles. The highest BCUT2D eigenvalue weighted by atomic mass is 16.7. The van der Waals surface area contributed by atoms with Crippen LogP contribution in [-0.4, -0.2) is 6.79 Å². The quantitative estimate of drug-likeness (QED) is 0.789. The molecule has 0 unspecified atom stereocenters. The fourth-order valence-corrected chi connectivity index (χ4v) is 2.86. The minimum Gasteiger partial charge on any atom is -0.454 e. The maximum atomic E-state index is 6.48. The van der Waals surface area contributed by atoms with E-state index in [0.29, 0.717) is 6.79 Å². The summed E-state index contributed by atoms with van der Waals surface area (Å²) < 4.78 is 10.8. The van der Waals surface area contributed by atoms with Crippen LogP contribution in [0.2, 0.25) is 0 Å². The van der Waals surface area contributed by atoms with Gasteiger partial charge in [0.15, 0.2) is 11.5 Å². The van der Waals surface area contributed by atoms with Gasteiger partial charge in [-0.1, -0.05) is 12.8 Å². The van der Waals surface area contributed by atoms with Crippen LogP contribution in [0.5, 0.6) is 11.5 Å². The molecule has 1 saturated carbocycles. The van der Waals surface area contributed by atoms with E-state index >= 15 is 0 Å². The molecule has 0 spiro atoms. The Balaban J connectivity index is 2.07. The van der Waals surface area contributed by atoms with Gasteiger partial charge in [-0.2, -0.15) is 0 Å². The third-order valence-corrected chi connectivity index (χ3v) is 3.75. The van der Waals surface area contributed by atoms with Crippen LogP contribution in [0.4, 0.5) is 0 Å². The average molecular weight is 219 g/mol.